The molecular formula is C15H25IN4O. The average Bonchev–Trinajstić information content (AvgIpc) is 3.27. The molecule has 1 aliphatic rings. The number of aromatic nitrogens is 1. The molecule has 1 aromatic rings. The quantitative estimate of drug-likeness (QED) is 0.417. The van der Waals surface area contributed by atoms with E-state index in [-0.39, 0.29) is 24.0 Å². The second kappa shape index (κ2) is 9.81. The lowest BCUT2D eigenvalue weighted by molar-refractivity contribution is 0.326. The third-order valence-electron chi connectivity index (χ3n) is 3.11. The largest absolute Gasteiger partial charge is 0.478 e. The summed E-state index contributed by atoms with van der Waals surface area (Å²) in [5.74, 6) is 2.38. The standard InChI is InChI=1S/C15H24N4O.HI/c1-3-16-15(18-10-12-5-6-12)19-11-13-7-8-17-14(9-13)20-4-2;/h7-9,12H,3-6,10-11H2,1-2H3,(H2,16,18,19);1H. The van der Waals surface area contributed by atoms with Crippen LogP contribution in [0.15, 0.2) is 23.3 Å². The third-order valence-corrected chi connectivity index (χ3v) is 3.11. The van der Waals surface area contributed by atoms with Crippen molar-refractivity contribution in [3.8, 4) is 5.88 Å². The van der Waals surface area contributed by atoms with E-state index in [0.717, 1.165) is 30.5 Å². The van der Waals surface area contributed by atoms with Gasteiger partial charge in [0.15, 0.2) is 5.96 Å². The van der Waals surface area contributed by atoms with E-state index in [2.05, 4.69) is 27.5 Å². The molecule has 1 heterocycles. The normalized spacial score (nSPS) is 14.3. The molecule has 21 heavy (non-hydrogen) atoms. The topological polar surface area (TPSA) is 58.5 Å². The Kier molecular flexibility index (Phi) is 8.41. The van der Waals surface area contributed by atoms with Crippen molar-refractivity contribution in [1.29, 1.82) is 0 Å². The molecule has 1 aliphatic carbocycles. The fourth-order valence-corrected chi connectivity index (χ4v) is 1.85. The lowest BCUT2D eigenvalue weighted by Crippen LogP contribution is -2.38. The number of nitrogens with one attached hydrogen (secondary N) is 2. The Bertz CT molecular complexity index is 449. The van der Waals surface area contributed by atoms with Crippen molar-refractivity contribution < 1.29 is 4.74 Å². The van der Waals surface area contributed by atoms with Gasteiger partial charge in [0, 0.05) is 25.4 Å². The predicted octanol–water partition coefficient (Wildman–Crippen LogP) is 2.56. The Balaban J connectivity index is 0.00000220. The number of hydrogen-bond donors (Lipinski definition) is 2. The molecule has 0 saturated heterocycles. The van der Waals surface area contributed by atoms with Gasteiger partial charge in [-0.25, -0.2) is 9.98 Å². The number of aliphatic imine (C=N–C) groups is 1. The van der Waals surface area contributed by atoms with Gasteiger partial charge in [-0.15, -0.1) is 24.0 Å². The molecule has 0 aromatic carbocycles. The van der Waals surface area contributed by atoms with Crippen molar-refractivity contribution in [2.24, 2.45) is 10.9 Å². The van der Waals surface area contributed by atoms with Gasteiger partial charge in [-0.3, -0.25) is 0 Å². The zero-order chi connectivity index (χ0) is 14.2. The molecule has 0 unspecified atom stereocenters. The SMILES string of the molecule is CCNC(=NCc1ccnc(OCC)c1)NCC1CC1.I. The minimum absolute atomic E-state index is 0. The van der Waals surface area contributed by atoms with Crippen LogP contribution >= 0.6 is 24.0 Å². The average molecular weight is 404 g/mol. The lowest BCUT2D eigenvalue weighted by Gasteiger charge is -2.10. The maximum absolute atomic E-state index is 5.40. The third kappa shape index (κ3) is 6.97. The Morgan fingerprint density at radius 2 is 2.19 bits per heavy atom. The van der Waals surface area contributed by atoms with Gasteiger partial charge in [0.2, 0.25) is 5.88 Å². The number of pyridine rings is 1. The second-order valence-electron chi connectivity index (χ2n) is 4.95. The molecule has 1 aromatic heterocycles. The first-order valence-corrected chi connectivity index (χ1v) is 7.41. The first kappa shape index (κ1) is 18.0. The van der Waals surface area contributed by atoms with Crippen LogP contribution in [0.4, 0.5) is 0 Å². The summed E-state index contributed by atoms with van der Waals surface area (Å²) < 4.78 is 5.40. The molecule has 0 spiro atoms. The highest BCUT2D eigenvalue weighted by Gasteiger charge is 2.20. The number of halogens is 1. The van der Waals surface area contributed by atoms with Crippen molar-refractivity contribution >= 4 is 29.9 Å². The predicted molar refractivity (Wildman–Crippen MR) is 96.4 cm³/mol. The first-order chi connectivity index (χ1) is 9.81. The molecular weight excluding hydrogens is 379 g/mol. The van der Waals surface area contributed by atoms with E-state index in [4.69, 9.17) is 4.74 Å². The van der Waals surface area contributed by atoms with E-state index in [1.807, 2.05) is 19.1 Å². The maximum Gasteiger partial charge on any atom is 0.213 e. The minimum atomic E-state index is 0. The Labute approximate surface area is 144 Å². The van der Waals surface area contributed by atoms with Crippen LogP contribution in [0.5, 0.6) is 5.88 Å². The number of rotatable bonds is 7. The summed E-state index contributed by atoms with van der Waals surface area (Å²) in [5, 5.41) is 6.65. The number of hydrogen-bond acceptors (Lipinski definition) is 3. The monoisotopic (exact) mass is 404 g/mol. The lowest BCUT2D eigenvalue weighted by atomic mass is 10.3. The van der Waals surface area contributed by atoms with Crippen LogP contribution in [-0.4, -0.2) is 30.6 Å². The number of nitrogens with zero attached hydrogens (tertiary/aromatic N) is 2. The van der Waals surface area contributed by atoms with Gasteiger partial charge in [0.25, 0.3) is 0 Å². The summed E-state index contributed by atoms with van der Waals surface area (Å²) in [4.78, 5) is 8.75. The molecule has 1 fully saturated rings. The van der Waals surface area contributed by atoms with Gasteiger partial charge in [-0.05, 0) is 44.2 Å². The highest BCUT2D eigenvalue weighted by molar-refractivity contribution is 14.0. The van der Waals surface area contributed by atoms with Gasteiger partial charge in [0.05, 0.1) is 13.2 Å². The molecule has 6 heteroatoms. The molecule has 0 amide bonds. The summed E-state index contributed by atoms with van der Waals surface area (Å²) >= 11 is 0. The van der Waals surface area contributed by atoms with Crippen LogP contribution in [0.25, 0.3) is 0 Å². The summed E-state index contributed by atoms with van der Waals surface area (Å²) in [6.07, 6.45) is 4.45. The zero-order valence-electron chi connectivity index (χ0n) is 12.8. The van der Waals surface area contributed by atoms with Gasteiger partial charge in [-0.1, -0.05) is 0 Å². The molecule has 1 saturated carbocycles. The van der Waals surface area contributed by atoms with Gasteiger partial charge in [-0.2, -0.15) is 0 Å². The number of ether oxygens (including phenoxy) is 1. The summed E-state index contributed by atoms with van der Waals surface area (Å²) in [5.41, 5.74) is 1.10. The Hall–Kier alpha value is -1.05. The minimum Gasteiger partial charge on any atom is -0.478 e. The van der Waals surface area contributed by atoms with Crippen LogP contribution in [-0.2, 0) is 6.54 Å². The Morgan fingerprint density at radius 3 is 2.86 bits per heavy atom. The van der Waals surface area contributed by atoms with Crippen molar-refractivity contribution in [2.45, 2.75) is 33.2 Å². The molecule has 5 nitrogen and oxygen atoms in total. The van der Waals surface area contributed by atoms with Gasteiger partial charge < -0.3 is 15.4 Å². The molecule has 118 valence electrons. The van der Waals surface area contributed by atoms with Crippen LogP contribution in [0, 0.1) is 5.92 Å². The van der Waals surface area contributed by atoms with Gasteiger partial charge in [0.1, 0.15) is 0 Å². The van der Waals surface area contributed by atoms with E-state index in [0.29, 0.717) is 19.0 Å². The van der Waals surface area contributed by atoms with Crippen LogP contribution < -0.4 is 15.4 Å². The highest BCUT2D eigenvalue weighted by Crippen LogP contribution is 2.27. The molecule has 0 radical (unpaired) electrons. The fourth-order valence-electron chi connectivity index (χ4n) is 1.85. The van der Waals surface area contributed by atoms with Crippen LogP contribution in [0.2, 0.25) is 0 Å². The smallest absolute Gasteiger partial charge is 0.213 e. The van der Waals surface area contributed by atoms with Gasteiger partial charge >= 0.3 is 0 Å². The summed E-state index contributed by atoms with van der Waals surface area (Å²) in [7, 11) is 0. The molecule has 0 aliphatic heterocycles. The van der Waals surface area contributed by atoms with Crippen molar-refractivity contribution in [2.75, 3.05) is 19.7 Å². The fraction of sp³-hybridized carbons (Fsp3) is 0.600. The van der Waals surface area contributed by atoms with Crippen LogP contribution in [0.1, 0.15) is 32.3 Å². The second-order valence-corrected chi connectivity index (χ2v) is 4.95. The first-order valence-electron chi connectivity index (χ1n) is 7.41. The summed E-state index contributed by atoms with van der Waals surface area (Å²) in [6.45, 7) is 7.18. The maximum atomic E-state index is 5.40. The molecule has 2 N–H and O–H groups in total. The molecule has 0 atom stereocenters. The Morgan fingerprint density at radius 1 is 1.38 bits per heavy atom. The highest BCUT2D eigenvalue weighted by atomic mass is 127. The van der Waals surface area contributed by atoms with E-state index < -0.39 is 0 Å². The molecule has 2 rings (SSSR count). The van der Waals surface area contributed by atoms with Crippen LogP contribution in [0.3, 0.4) is 0 Å². The van der Waals surface area contributed by atoms with Crippen molar-refractivity contribution in [1.82, 2.24) is 15.6 Å². The van der Waals surface area contributed by atoms with Crippen molar-refractivity contribution in [3.05, 3.63) is 23.9 Å². The van der Waals surface area contributed by atoms with Crippen molar-refractivity contribution in [3.63, 3.8) is 0 Å². The van der Waals surface area contributed by atoms with E-state index in [9.17, 15) is 0 Å². The van der Waals surface area contributed by atoms with E-state index in [1.165, 1.54) is 12.8 Å². The van der Waals surface area contributed by atoms with E-state index >= 15 is 0 Å². The number of guanidine groups is 1. The van der Waals surface area contributed by atoms with E-state index in [1.54, 1.807) is 6.20 Å². The summed E-state index contributed by atoms with van der Waals surface area (Å²) in [6, 6.07) is 3.91. The zero-order valence-corrected chi connectivity index (χ0v) is 15.1. The molecule has 0 bridgehead atoms.